The molecule has 7 N–H and O–H groups in total. The highest BCUT2D eigenvalue weighted by atomic mass is 19.1. The first kappa shape index (κ1) is 26.6. The number of hydrogen-bond acceptors (Lipinski definition) is 8. The number of nitrogen functional groups attached to an aromatic ring is 1. The summed E-state index contributed by atoms with van der Waals surface area (Å²) in [5, 5.41) is 36.7. The molecule has 0 saturated heterocycles. The van der Waals surface area contributed by atoms with E-state index in [1.807, 2.05) is 0 Å². The van der Waals surface area contributed by atoms with Crippen molar-refractivity contribution in [2.45, 2.75) is 26.6 Å². The van der Waals surface area contributed by atoms with E-state index in [-0.39, 0.29) is 18.0 Å². The van der Waals surface area contributed by atoms with E-state index in [1.54, 1.807) is 42.6 Å². The maximum atomic E-state index is 13.4. The Morgan fingerprint density at radius 1 is 1.08 bits per heavy atom. The Balaban J connectivity index is 0.00000115. The van der Waals surface area contributed by atoms with Gasteiger partial charge in [-0.25, -0.2) is 18.7 Å². The molecule has 10 nitrogen and oxygen atoms in total. The van der Waals surface area contributed by atoms with E-state index in [0.717, 1.165) is 17.7 Å². The van der Waals surface area contributed by atoms with Crippen molar-refractivity contribution < 1.29 is 34.0 Å². The average molecular weight is 501 g/mol. The van der Waals surface area contributed by atoms with Gasteiger partial charge >= 0.3 is 0 Å². The molecule has 0 saturated carbocycles. The number of aliphatic hydroxyl groups excluding tert-OH is 3. The standard InChI is InChI=1S/C23H21F2N5O3.CH4O2/c1-11-5-16(28-23(33)21(32)13-6-14(24)8-15(25)7-13)3-4-17(11)19-20-22(26)27-12(2)9-30(20)18(10-31)29-19;2-1-3/h3-9,21,31-32H,10H2,1-2H3,(H2,26,27)(H,28,33);2-3H,1H2. The summed E-state index contributed by atoms with van der Waals surface area (Å²) in [6.45, 7) is 2.53. The number of anilines is 2. The normalized spacial score (nSPS) is 11.7. The molecule has 0 fully saturated rings. The third kappa shape index (κ3) is 5.63. The van der Waals surface area contributed by atoms with Crippen LogP contribution in [-0.4, -0.2) is 47.5 Å². The molecule has 0 spiro atoms. The number of rotatable bonds is 5. The van der Waals surface area contributed by atoms with Gasteiger partial charge in [0.2, 0.25) is 0 Å². The van der Waals surface area contributed by atoms with E-state index in [1.165, 1.54) is 0 Å². The number of carbonyl (C=O) groups excluding carboxylic acids is 1. The minimum atomic E-state index is -1.76. The van der Waals surface area contributed by atoms with E-state index in [2.05, 4.69) is 15.3 Å². The third-order valence-electron chi connectivity index (χ3n) is 5.18. The van der Waals surface area contributed by atoms with E-state index < -0.39 is 30.4 Å². The molecule has 0 aliphatic heterocycles. The fourth-order valence-corrected chi connectivity index (χ4v) is 3.72. The fraction of sp³-hybridized carbons (Fsp3) is 0.208. The van der Waals surface area contributed by atoms with Gasteiger partial charge in [-0.15, -0.1) is 0 Å². The van der Waals surface area contributed by atoms with Crippen LogP contribution in [0.2, 0.25) is 0 Å². The van der Waals surface area contributed by atoms with E-state index in [4.69, 9.17) is 15.9 Å². The van der Waals surface area contributed by atoms with Crippen LogP contribution in [0.3, 0.4) is 0 Å². The zero-order chi connectivity index (χ0) is 26.6. The number of aliphatic hydroxyl groups is 4. The molecule has 0 aliphatic rings. The van der Waals surface area contributed by atoms with Gasteiger partial charge in [0.15, 0.2) is 6.10 Å². The molecular formula is C24H25F2N5O5. The van der Waals surface area contributed by atoms with Crippen LogP contribution in [-0.2, 0) is 11.4 Å². The number of fused-ring (bicyclic) bond motifs is 1. The van der Waals surface area contributed by atoms with Gasteiger partial charge in [0.05, 0.1) is 5.69 Å². The average Bonchev–Trinajstić information content (AvgIpc) is 3.17. The van der Waals surface area contributed by atoms with Crippen molar-refractivity contribution in [2.24, 2.45) is 0 Å². The van der Waals surface area contributed by atoms with Crippen LogP contribution in [0.25, 0.3) is 16.8 Å². The van der Waals surface area contributed by atoms with Crippen molar-refractivity contribution in [2.75, 3.05) is 17.8 Å². The molecule has 12 heteroatoms. The number of nitrogens with two attached hydrogens (primary N) is 1. The number of benzene rings is 2. The van der Waals surface area contributed by atoms with E-state index in [0.29, 0.717) is 40.0 Å². The van der Waals surface area contributed by atoms with Crippen LogP contribution in [0, 0.1) is 25.5 Å². The lowest BCUT2D eigenvalue weighted by molar-refractivity contribution is -0.124. The van der Waals surface area contributed by atoms with Gasteiger partial charge < -0.3 is 31.5 Å². The number of aromatic nitrogens is 3. The predicted molar refractivity (Wildman–Crippen MR) is 127 cm³/mol. The second-order valence-electron chi connectivity index (χ2n) is 7.79. The molecule has 4 aromatic rings. The minimum absolute atomic E-state index is 0.197. The Hall–Kier alpha value is -3.97. The molecule has 2 aromatic heterocycles. The van der Waals surface area contributed by atoms with Crippen molar-refractivity contribution in [1.29, 1.82) is 0 Å². The summed E-state index contributed by atoms with van der Waals surface area (Å²) in [6.07, 6.45) is -0.0256. The van der Waals surface area contributed by atoms with Gasteiger partial charge in [0, 0.05) is 23.5 Å². The van der Waals surface area contributed by atoms with Crippen molar-refractivity contribution in [3.8, 4) is 11.3 Å². The molecule has 2 heterocycles. The van der Waals surface area contributed by atoms with Crippen LogP contribution in [0.5, 0.6) is 0 Å². The molecule has 2 aromatic carbocycles. The Morgan fingerprint density at radius 2 is 1.72 bits per heavy atom. The number of nitrogens with zero attached hydrogens (tertiary/aromatic N) is 3. The quantitative estimate of drug-likeness (QED) is 0.226. The second-order valence-corrected chi connectivity index (χ2v) is 7.79. The third-order valence-corrected chi connectivity index (χ3v) is 5.18. The molecule has 1 amide bonds. The minimum Gasteiger partial charge on any atom is -0.388 e. The van der Waals surface area contributed by atoms with Gasteiger partial charge in [-0.3, -0.25) is 9.20 Å². The smallest absolute Gasteiger partial charge is 0.257 e. The summed E-state index contributed by atoms with van der Waals surface area (Å²) in [6, 6.07) is 7.41. The first-order valence-corrected chi connectivity index (χ1v) is 10.6. The number of halogens is 2. The summed E-state index contributed by atoms with van der Waals surface area (Å²) in [5.74, 6) is -1.96. The first-order chi connectivity index (χ1) is 17.1. The number of amides is 1. The Bertz CT molecular complexity index is 1390. The highest BCUT2D eigenvalue weighted by Crippen LogP contribution is 2.32. The maximum Gasteiger partial charge on any atom is 0.257 e. The highest BCUT2D eigenvalue weighted by Gasteiger charge is 2.21. The molecule has 0 radical (unpaired) electrons. The molecule has 0 aliphatic carbocycles. The van der Waals surface area contributed by atoms with Crippen LogP contribution in [0.1, 0.15) is 28.7 Å². The van der Waals surface area contributed by atoms with Gasteiger partial charge in [-0.05, 0) is 49.2 Å². The maximum absolute atomic E-state index is 13.4. The lowest BCUT2D eigenvalue weighted by Gasteiger charge is -2.13. The van der Waals surface area contributed by atoms with Crippen LogP contribution in [0.15, 0.2) is 42.6 Å². The summed E-state index contributed by atoms with van der Waals surface area (Å²) in [7, 11) is 0. The van der Waals surface area contributed by atoms with Gasteiger partial charge in [0.1, 0.15) is 47.9 Å². The molecular weight excluding hydrogens is 476 g/mol. The van der Waals surface area contributed by atoms with Gasteiger partial charge in [-0.1, -0.05) is 6.07 Å². The number of carbonyl (C=O) groups is 1. The van der Waals surface area contributed by atoms with Crippen molar-refractivity contribution >= 4 is 22.9 Å². The predicted octanol–water partition coefficient (Wildman–Crippen LogP) is 1.97. The number of imidazole rings is 1. The second kappa shape index (κ2) is 11.2. The summed E-state index contributed by atoms with van der Waals surface area (Å²) >= 11 is 0. The van der Waals surface area contributed by atoms with Crippen LogP contribution >= 0.6 is 0 Å². The number of aryl methyl sites for hydroxylation is 2. The molecule has 190 valence electrons. The van der Waals surface area contributed by atoms with Gasteiger partial charge in [-0.2, -0.15) is 0 Å². The summed E-state index contributed by atoms with van der Waals surface area (Å²) in [4.78, 5) is 21.2. The Labute approximate surface area is 204 Å². The van der Waals surface area contributed by atoms with Crippen LogP contribution < -0.4 is 11.1 Å². The molecule has 4 rings (SSSR count). The molecule has 1 unspecified atom stereocenters. The Kier molecular flexibility index (Phi) is 8.27. The van der Waals surface area contributed by atoms with Crippen molar-refractivity contribution in [3.05, 3.63) is 76.9 Å². The number of nitrogens with one attached hydrogen (secondary N) is 1. The Morgan fingerprint density at radius 3 is 2.31 bits per heavy atom. The van der Waals surface area contributed by atoms with Crippen molar-refractivity contribution in [1.82, 2.24) is 14.4 Å². The SMILES string of the molecule is Cc1cn2c(CO)nc(-c3ccc(NC(=O)C(O)c4cc(F)cc(F)c4)cc3C)c2c(N)n1.OCO. The topological polar surface area (TPSA) is 166 Å². The van der Waals surface area contributed by atoms with Crippen molar-refractivity contribution in [3.63, 3.8) is 0 Å². The highest BCUT2D eigenvalue weighted by molar-refractivity contribution is 5.95. The molecule has 36 heavy (non-hydrogen) atoms. The molecule has 1 atom stereocenters. The lowest BCUT2D eigenvalue weighted by Crippen LogP contribution is -2.21. The lowest BCUT2D eigenvalue weighted by atomic mass is 10.0. The first-order valence-electron chi connectivity index (χ1n) is 10.6. The number of hydrogen-bond donors (Lipinski definition) is 6. The van der Waals surface area contributed by atoms with E-state index >= 15 is 0 Å². The summed E-state index contributed by atoms with van der Waals surface area (Å²) in [5.41, 5.74) is 9.47. The zero-order valence-corrected chi connectivity index (χ0v) is 19.4. The zero-order valence-electron chi connectivity index (χ0n) is 19.4. The molecule has 0 bridgehead atoms. The van der Waals surface area contributed by atoms with Crippen LogP contribution in [0.4, 0.5) is 20.3 Å². The monoisotopic (exact) mass is 501 g/mol. The fourth-order valence-electron chi connectivity index (χ4n) is 3.72. The van der Waals surface area contributed by atoms with E-state index in [9.17, 15) is 23.8 Å². The summed E-state index contributed by atoms with van der Waals surface area (Å²) < 4.78 is 28.5. The van der Waals surface area contributed by atoms with Gasteiger partial charge in [0.25, 0.3) is 5.91 Å². The largest absolute Gasteiger partial charge is 0.388 e.